The van der Waals surface area contributed by atoms with Gasteiger partial charge in [-0.2, -0.15) is 0 Å². The number of urea groups is 1. The number of likely N-dealkylation sites (tertiary alicyclic amines) is 2. The zero-order valence-corrected chi connectivity index (χ0v) is 25.3. The van der Waals surface area contributed by atoms with Crippen molar-refractivity contribution in [1.29, 1.82) is 0 Å². The minimum atomic E-state index is -0.865. The fourth-order valence-corrected chi connectivity index (χ4v) is 7.98. The Morgan fingerprint density at radius 2 is 1.73 bits per heavy atom. The molecule has 3 fully saturated rings. The van der Waals surface area contributed by atoms with Crippen molar-refractivity contribution in [3.63, 3.8) is 0 Å². The van der Waals surface area contributed by atoms with Crippen LogP contribution in [0.2, 0.25) is 0 Å². The number of aliphatic carboxylic acids is 1. The molecule has 2 aromatic rings. The largest absolute Gasteiger partial charge is 0.480 e. The van der Waals surface area contributed by atoms with E-state index < -0.39 is 5.97 Å². The number of nitrogens with zero attached hydrogens (tertiary/aromatic N) is 4. The number of aliphatic imine (C=N–C) groups is 1. The van der Waals surface area contributed by atoms with Crippen molar-refractivity contribution in [3.8, 4) is 0 Å². The predicted octanol–water partition coefficient (Wildman–Crippen LogP) is 4.82. The number of hydrogen-bond acceptors (Lipinski definition) is 6. The zero-order chi connectivity index (χ0) is 30.5. The number of carbonyl (C=O) groups is 3. The van der Waals surface area contributed by atoms with Gasteiger partial charge in [0.1, 0.15) is 6.29 Å². The van der Waals surface area contributed by atoms with Gasteiger partial charge in [-0.25, -0.2) is 9.79 Å². The number of hydrogen-bond donors (Lipinski definition) is 2. The van der Waals surface area contributed by atoms with Crippen molar-refractivity contribution < 1.29 is 19.5 Å². The molecule has 0 radical (unpaired) electrons. The highest BCUT2D eigenvalue weighted by molar-refractivity contribution is 5.92. The number of carboxylic acid groups (broad SMARTS) is 1. The van der Waals surface area contributed by atoms with Gasteiger partial charge in [0.05, 0.1) is 24.6 Å². The first-order chi connectivity index (χ1) is 21.5. The van der Waals surface area contributed by atoms with Crippen molar-refractivity contribution in [3.05, 3.63) is 77.4 Å². The molecule has 44 heavy (non-hydrogen) atoms. The minimum Gasteiger partial charge on any atom is -0.480 e. The molecule has 9 nitrogen and oxygen atoms in total. The zero-order valence-electron chi connectivity index (χ0n) is 25.3. The van der Waals surface area contributed by atoms with Crippen molar-refractivity contribution in [2.24, 2.45) is 16.3 Å². The second-order valence-electron chi connectivity index (χ2n) is 12.9. The number of carboxylic acids is 1. The monoisotopic (exact) mass is 597 g/mol. The second-order valence-corrected chi connectivity index (χ2v) is 12.9. The van der Waals surface area contributed by atoms with Crippen molar-refractivity contribution in [2.45, 2.75) is 57.0 Å². The van der Waals surface area contributed by atoms with Crippen LogP contribution in [0.3, 0.4) is 0 Å². The summed E-state index contributed by atoms with van der Waals surface area (Å²) in [6.07, 6.45) is 9.78. The SMILES string of the molecule is O=CC1=C(c2ccccc2)N=CN(C[C@@H]2CCN(C(=O)N3CC[C@@H](NCC(=O)O)C[C@H]3c3ccccc3)CC23CCCC3)C1. The van der Waals surface area contributed by atoms with Crippen LogP contribution in [-0.4, -0.2) is 89.7 Å². The van der Waals surface area contributed by atoms with Crippen LogP contribution in [0, 0.1) is 11.3 Å². The summed E-state index contributed by atoms with van der Waals surface area (Å²) in [6.45, 7) is 3.37. The van der Waals surface area contributed by atoms with E-state index in [0.717, 1.165) is 61.9 Å². The van der Waals surface area contributed by atoms with Gasteiger partial charge in [-0.05, 0) is 49.0 Å². The van der Waals surface area contributed by atoms with Gasteiger partial charge in [-0.15, -0.1) is 0 Å². The fourth-order valence-electron chi connectivity index (χ4n) is 7.98. The molecule has 2 amide bonds. The lowest BCUT2D eigenvalue weighted by atomic mass is 9.69. The van der Waals surface area contributed by atoms with Gasteiger partial charge in [0, 0.05) is 49.9 Å². The average molecular weight is 598 g/mol. The average Bonchev–Trinajstić information content (AvgIpc) is 3.53. The van der Waals surface area contributed by atoms with E-state index in [1.165, 1.54) is 12.8 Å². The normalized spacial score (nSPS) is 25.0. The molecule has 0 bridgehead atoms. The minimum absolute atomic E-state index is 0.0474. The van der Waals surface area contributed by atoms with E-state index in [0.29, 0.717) is 37.5 Å². The van der Waals surface area contributed by atoms with Crippen molar-refractivity contribution in [2.75, 3.05) is 39.3 Å². The first-order valence-electron chi connectivity index (χ1n) is 16.0. The Hall–Kier alpha value is -3.98. The van der Waals surface area contributed by atoms with E-state index in [9.17, 15) is 19.5 Å². The number of nitrogens with one attached hydrogen (secondary N) is 1. The topological polar surface area (TPSA) is 106 Å². The van der Waals surface area contributed by atoms with Crippen LogP contribution >= 0.6 is 0 Å². The van der Waals surface area contributed by atoms with Gasteiger partial charge in [0.25, 0.3) is 0 Å². The van der Waals surface area contributed by atoms with Crippen molar-refractivity contribution >= 4 is 30.3 Å². The highest BCUT2D eigenvalue weighted by atomic mass is 16.4. The molecule has 232 valence electrons. The van der Waals surface area contributed by atoms with Gasteiger partial charge >= 0.3 is 12.0 Å². The lowest BCUT2D eigenvalue weighted by molar-refractivity contribution is -0.136. The fraction of sp³-hybridized carbons (Fsp3) is 0.486. The maximum atomic E-state index is 14.3. The number of benzene rings is 2. The quantitative estimate of drug-likeness (QED) is 0.423. The van der Waals surface area contributed by atoms with E-state index in [2.05, 4.69) is 27.2 Å². The van der Waals surface area contributed by atoms with Gasteiger partial charge in [0.15, 0.2) is 0 Å². The van der Waals surface area contributed by atoms with E-state index >= 15 is 0 Å². The maximum Gasteiger partial charge on any atom is 0.320 e. The smallest absolute Gasteiger partial charge is 0.320 e. The maximum absolute atomic E-state index is 14.3. The molecule has 3 aliphatic heterocycles. The molecule has 4 aliphatic rings. The number of piperidine rings is 2. The molecule has 1 aliphatic carbocycles. The Balaban J connectivity index is 1.15. The summed E-state index contributed by atoms with van der Waals surface area (Å²) in [6, 6.07) is 20.0. The molecular formula is C35H43N5O4. The summed E-state index contributed by atoms with van der Waals surface area (Å²) >= 11 is 0. The van der Waals surface area contributed by atoms with E-state index in [1.54, 1.807) is 0 Å². The Kier molecular flexibility index (Phi) is 9.12. The Bertz CT molecular complexity index is 1390. The summed E-state index contributed by atoms with van der Waals surface area (Å²) < 4.78 is 0. The van der Waals surface area contributed by atoms with Crippen LogP contribution in [0.1, 0.15) is 62.1 Å². The van der Waals surface area contributed by atoms with Crippen LogP contribution in [0.5, 0.6) is 0 Å². The number of carbonyl (C=O) groups excluding carboxylic acids is 2. The molecule has 3 atom stereocenters. The Labute approximate surface area is 259 Å². The van der Waals surface area contributed by atoms with Crippen LogP contribution in [0.15, 0.2) is 71.2 Å². The summed E-state index contributed by atoms with van der Waals surface area (Å²) in [5.74, 6) is -0.446. The van der Waals surface area contributed by atoms with Gasteiger partial charge < -0.3 is 25.1 Å². The van der Waals surface area contributed by atoms with E-state index in [-0.39, 0.29) is 30.1 Å². The lowest BCUT2D eigenvalue weighted by Crippen LogP contribution is -2.57. The molecule has 2 saturated heterocycles. The van der Waals surface area contributed by atoms with Crippen molar-refractivity contribution in [1.82, 2.24) is 20.0 Å². The van der Waals surface area contributed by atoms with Crippen LogP contribution in [0.4, 0.5) is 4.79 Å². The van der Waals surface area contributed by atoms with Crippen LogP contribution in [-0.2, 0) is 9.59 Å². The Morgan fingerprint density at radius 3 is 2.43 bits per heavy atom. The summed E-state index contributed by atoms with van der Waals surface area (Å²) in [5, 5.41) is 12.4. The molecule has 0 aromatic heterocycles. The lowest BCUT2D eigenvalue weighted by Gasteiger charge is -2.50. The van der Waals surface area contributed by atoms with Crippen LogP contribution in [0.25, 0.3) is 5.70 Å². The van der Waals surface area contributed by atoms with E-state index in [1.807, 2.05) is 59.8 Å². The van der Waals surface area contributed by atoms with Gasteiger partial charge in [-0.1, -0.05) is 73.5 Å². The molecule has 1 spiro atoms. The highest BCUT2D eigenvalue weighted by Crippen LogP contribution is 2.49. The molecule has 2 aromatic carbocycles. The first kappa shape index (κ1) is 30.1. The summed E-state index contributed by atoms with van der Waals surface area (Å²) in [7, 11) is 0. The van der Waals surface area contributed by atoms with E-state index in [4.69, 9.17) is 4.99 Å². The molecule has 6 rings (SSSR count). The Morgan fingerprint density at radius 1 is 1.00 bits per heavy atom. The van der Waals surface area contributed by atoms with Gasteiger partial charge in [-0.3, -0.25) is 9.59 Å². The number of rotatable bonds is 8. The first-order valence-corrected chi connectivity index (χ1v) is 16.0. The molecule has 1 saturated carbocycles. The number of amides is 2. The third-order valence-electron chi connectivity index (χ3n) is 10.2. The molecule has 2 N–H and O–H groups in total. The summed E-state index contributed by atoms with van der Waals surface area (Å²) in [5.41, 5.74) is 3.57. The standard InChI is InChI=1S/C35H43N5O4/c41-23-28-21-38(25-37-33(28)27-11-5-2-6-12-27)22-29-13-17-39(24-35(29)15-7-8-16-35)34(44)40-18-14-30(36-20-32(42)43)19-31(40)26-9-3-1-4-10-26/h1-6,9-12,23,25,29-31,36H,7-8,13-22,24H2,(H,42,43)/t29-,30+,31-/m0/s1. The van der Waals surface area contributed by atoms with Crippen LogP contribution < -0.4 is 5.32 Å². The number of aldehydes is 1. The predicted molar refractivity (Wildman–Crippen MR) is 170 cm³/mol. The second kappa shape index (κ2) is 13.3. The third-order valence-corrected chi connectivity index (χ3v) is 10.2. The molecular weight excluding hydrogens is 554 g/mol. The highest BCUT2D eigenvalue weighted by Gasteiger charge is 2.48. The molecule has 0 unspecified atom stereocenters. The molecule has 9 heteroatoms. The molecule has 3 heterocycles. The van der Waals surface area contributed by atoms with Gasteiger partial charge in [0.2, 0.25) is 0 Å². The summed E-state index contributed by atoms with van der Waals surface area (Å²) in [4.78, 5) is 48.6. The third kappa shape index (κ3) is 6.43.